The van der Waals surface area contributed by atoms with E-state index in [-0.39, 0.29) is 0 Å². The van der Waals surface area contributed by atoms with Crippen LogP contribution in [-0.2, 0) is 0 Å². The molecule has 0 nitrogen and oxygen atoms in total. The van der Waals surface area contributed by atoms with Crippen LogP contribution in [0, 0.1) is 0 Å². The summed E-state index contributed by atoms with van der Waals surface area (Å²) in [6, 6.07) is 0. The van der Waals surface area contributed by atoms with E-state index in [1.807, 2.05) is 0 Å². The van der Waals surface area contributed by atoms with Gasteiger partial charge in [0.1, 0.15) is 0 Å². The Hall–Kier alpha value is -1.56. The topological polar surface area (TPSA) is 0 Å². The Morgan fingerprint density at radius 1 is 0.812 bits per heavy atom. The zero-order valence-corrected chi connectivity index (χ0v) is 9.71. The Balaban J connectivity index is 1.93. The molecule has 0 aromatic rings. The molecular formula is C16H18. The van der Waals surface area contributed by atoms with Gasteiger partial charge in [-0.3, -0.25) is 0 Å². The van der Waals surface area contributed by atoms with Gasteiger partial charge in [0, 0.05) is 0 Å². The first-order chi connectivity index (χ1) is 7.74. The third kappa shape index (κ3) is 2.96. The van der Waals surface area contributed by atoms with Gasteiger partial charge < -0.3 is 0 Å². The lowest BCUT2D eigenvalue weighted by atomic mass is 9.95. The van der Waals surface area contributed by atoms with Crippen LogP contribution in [0.4, 0.5) is 0 Å². The summed E-state index contributed by atoms with van der Waals surface area (Å²) < 4.78 is 0. The minimum atomic E-state index is 1.00. The molecule has 0 saturated carbocycles. The highest BCUT2D eigenvalue weighted by molar-refractivity contribution is 5.38. The summed E-state index contributed by atoms with van der Waals surface area (Å²) in [6.07, 6.45) is 17.4. The first-order valence-corrected chi connectivity index (χ1v) is 5.84. The Labute approximate surface area is 98.1 Å². The molecule has 0 saturated heterocycles. The molecule has 0 heterocycles. The first-order valence-electron chi connectivity index (χ1n) is 5.84. The van der Waals surface area contributed by atoms with Crippen molar-refractivity contribution < 1.29 is 0 Å². The first kappa shape index (κ1) is 10.9. The standard InChI is InChI=1S/C16H18/c1-13-5-3-7-15(11-13)9-10-16-8-4-6-14(2)12-16/h3-4,7-8,11-12H,1-2,5-6,9-10H2. The molecular weight excluding hydrogens is 192 g/mol. The van der Waals surface area contributed by atoms with E-state index >= 15 is 0 Å². The third-order valence-corrected chi connectivity index (χ3v) is 2.91. The van der Waals surface area contributed by atoms with Gasteiger partial charge in [0.15, 0.2) is 0 Å². The average Bonchev–Trinajstić information content (AvgIpc) is 2.27. The maximum atomic E-state index is 4.00. The highest BCUT2D eigenvalue weighted by Gasteiger charge is 2.03. The van der Waals surface area contributed by atoms with Crippen molar-refractivity contribution in [3.8, 4) is 0 Å². The molecule has 0 unspecified atom stereocenters. The molecule has 0 amide bonds. The highest BCUT2D eigenvalue weighted by atomic mass is 14.1. The molecule has 2 rings (SSSR count). The second-order valence-corrected chi connectivity index (χ2v) is 4.47. The van der Waals surface area contributed by atoms with Crippen LogP contribution in [-0.4, -0.2) is 0 Å². The van der Waals surface area contributed by atoms with Crippen molar-refractivity contribution in [3.63, 3.8) is 0 Å². The predicted octanol–water partition coefficient (Wildman–Crippen LogP) is 4.65. The van der Waals surface area contributed by atoms with Crippen LogP contribution in [0.25, 0.3) is 0 Å². The summed E-state index contributed by atoms with van der Waals surface area (Å²) >= 11 is 0. The normalized spacial score (nSPS) is 19.8. The van der Waals surface area contributed by atoms with Gasteiger partial charge in [0.25, 0.3) is 0 Å². The van der Waals surface area contributed by atoms with E-state index in [2.05, 4.69) is 49.6 Å². The summed E-state index contributed by atoms with van der Waals surface area (Å²) in [4.78, 5) is 0. The molecule has 2 aliphatic carbocycles. The van der Waals surface area contributed by atoms with Gasteiger partial charge >= 0.3 is 0 Å². The van der Waals surface area contributed by atoms with Gasteiger partial charge in [0.2, 0.25) is 0 Å². The Bertz CT molecular complexity index is 383. The van der Waals surface area contributed by atoms with E-state index < -0.39 is 0 Å². The molecule has 82 valence electrons. The minimum Gasteiger partial charge on any atom is -0.0955 e. The molecule has 0 fully saturated rings. The Morgan fingerprint density at radius 3 is 1.62 bits per heavy atom. The van der Waals surface area contributed by atoms with Crippen LogP contribution in [0.15, 0.2) is 71.9 Å². The molecule has 0 aliphatic heterocycles. The molecule has 0 aromatic carbocycles. The van der Waals surface area contributed by atoms with Crippen LogP contribution in [0.5, 0.6) is 0 Å². The molecule has 0 radical (unpaired) electrons. The van der Waals surface area contributed by atoms with Crippen LogP contribution in [0.3, 0.4) is 0 Å². The Morgan fingerprint density at radius 2 is 1.25 bits per heavy atom. The minimum absolute atomic E-state index is 1.00. The van der Waals surface area contributed by atoms with E-state index in [0.29, 0.717) is 0 Å². The third-order valence-electron chi connectivity index (χ3n) is 2.91. The van der Waals surface area contributed by atoms with Crippen molar-refractivity contribution in [1.82, 2.24) is 0 Å². The van der Waals surface area contributed by atoms with Gasteiger partial charge in [-0.15, -0.1) is 0 Å². The van der Waals surface area contributed by atoms with E-state index in [0.717, 1.165) is 25.7 Å². The van der Waals surface area contributed by atoms with Crippen LogP contribution < -0.4 is 0 Å². The highest BCUT2D eigenvalue weighted by Crippen LogP contribution is 2.23. The lowest BCUT2D eigenvalue weighted by Gasteiger charge is -2.11. The van der Waals surface area contributed by atoms with E-state index in [1.165, 1.54) is 22.3 Å². The summed E-state index contributed by atoms with van der Waals surface area (Å²) in [5.74, 6) is 0. The zero-order valence-electron chi connectivity index (χ0n) is 9.71. The van der Waals surface area contributed by atoms with Crippen LogP contribution in [0.1, 0.15) is 25.7 Å². The SMILES string of the molecule is C=C1C=C(CCC2=CC(=C)CC=C2)C=CC1. The van der Waals surface area contributed by atoms with Gasteiger partial charge in [-0.1, -0.05) is 60.8 Å². The van der Waals surface area contributed by atoms with Crippen LogP contribution >= 0.6 is 0 Å². The Kier molecular flexibility index (Phi) is 3.40. The van der Waals surface area contributed by atoms with Gasteiger partial charge in [-0.2, -0.15) is 0 Å². The summed E-state index contributed by atoms with van der Waals surface area (Å²) in [7, 11) is 0. The fourth-order valence-corrected chi connectivity index (χ4v) is 2.06. The number of rotatable bonds is 3. The van der Waals surface area contributed by atoms with E-state index in [1.54, 1.807) is 0 Å². The largest absolute Gasteiger partial charge is 0.0955 e. The zero-order chi connectivity index (χ0) is 11.4. The molecule has 0 spiro atoms. The molecule has 2 aliphatic rings. The summed E-state index contributed by atoms with van der Waals surface area (Å²) in [5.41, 5.74) is 5.22. The summed E-state index contributed by atoms with van der Waals surface area (Å²) in [5, 5.41) is 0. The van der Waals surface area contributed by atoms with Crippen molar-refractivity contribution in [2.75, 3.05) is 0 Å². The molecule has 0 aromatic heterocycles. The molecule has 0 atom stereocenters. The molecule has 16 heavy (non-hydrogen) atoms. The average molecular weight is 210 g/mol. The lowest BCUT2D eigenvalue weighted by Crippen LogP contribution is -1.91. The monoisotopic (exact) mass is 210 g/mol. The fourth-order valence-electron chi connectivity index (χ4n) is 2.06. The number of hydrogen-bond acceptors (Lipinski definition) is 0. The van der Waals surface area contributed by atoms with E-state index in [4.69, 9.17) is 0 Å². The van der Waals surface area contributed by atoms with Gasteiger partial charge in [-0.25, -0.2) is 0 Å². The van der Waals surface area contributed by atoms with Crippen molar-refractivity contribution in [3.05, 3.63) is 71.9 Å². The quantitative estimate of drug-likeness (QED) is 0.636. The van der Waals surface area contributed by atoms with Gasteiger partial charge in [-0.05, 0) is 36.8 Å². The molecule has 0 N–H and O–H groups in total. The van der Waals surface area contributed by atoms with Crippen LogP contribution in [0.2, 0.25) is 0 Å². The predicted molar refractivity (Wildman–Crippen MR) is 71.2 cm³/mol. The molecule has 0 bridgehead atoms. The maximum absolute atomic E-state index is 4.00. The van der Waals surface area contributed by atoms with Crippen molar-refractivity contribution in [2.24, 2.45) is 0 Å². The van der Waals surface area contributed by atoms with Gasteiger partial charge in [0.05, 0.1) is 0 Å². The number of hydrogen-bond donors (Lipinski definition) is 0. The van der Waals surface area contributed by atoms with Crippen molar-refractivity contribution in [1.29, 1.82) is 0 Å². The molecule has 0 heteroatoms. The summed E-state index contributed by atoms with van der Waals surface area (Å²) in [6.45, 7) is 8.00. The van der Waals surface area contributed by atoms with Crippen molar-refractivity contribution in [2.45, 2.75) is 25.7 Å². The fraction of sp³-hybridized carbons (Fsp3) is 0.250. The smallest absolute Gasteiger partial charge is 0.01000 e. The number of allylic oxidation sites excluding steroid dienone is 10. The van der Waals surface area contributed by atoms with Crippen molar-refractivity contribution >= 4 is 0 Å². The second kappa shape index (κ2) is 4.98. The lowest BCUT2D eigenvalue weighted by molar-refractivity contribution is 0.950. The maximum Gasteiger partial charge on any atom is -0.01000 e. The second-order valence-electron chi connectivity index (χ2n) is 4.47. The van der Waals surface area contributed by atoms with E-state index in [9.17, 15) is 0 Å².